The first kappa shape index (κ1) is 37.6. The third kappa shape index (κ3) is 6.82. The zero-order chi connectivity index (χ0) is 39.7. The molecule has 4 N–H and O–H groups in total. The van der Waals surface area contributed by atoms with Crippen molar-refractivity contribution in [1.29, 1.82) is 0 Å². The van der Waals surface area contributed by atoms with Crippen molar-refractivity contribution in [2.75, 3.05) is 24.8 Å². The average molecular weight is 803 g/mol. The Morgan fingerprint density at radius 3 is 2.00 bits per heavy atom. The number of methoxy groups -OCH3 is 1. The van der Waals surface area contributed by atoms with Gasteiger partial charge >= 0.3 is 5.97 Å². The van der Waals surface area contributed by atoms with Gasteiger partial charge in [-0.2, -0.15) is 0 Å². The van der Waals surface area contributed by atoms with Gasteiger partial charge in [0.25, 0.3) is 11.8 Å². The highest BCUT2D eigenvalue weighted by molar-refractivity contribution is 8.00. The number of benzene rings is 4. The number of β-lactam (4-membered cyclic amide) rings is 1. The first-order valence-corrected chi connectivity index (χ1v) is 20.1. The standard InChI is InChI=1S/C42H38N6O7S2/c1-3-55-46-34(30-23-57-41(43-30)45-42(27-13-7-4-8-14-27,28-15-9-5-10-16-28)29-17-11-6-12-18-29)37(51)44-35-38(52)48-36(40(53)54-2)31(24-56-39(35)48)47-21-25-19-32(49)33(50)20-26(25)22-47/h4-20,23,35,39,49-50H,3,21-22,24H2,1-2H3,(H,43,45)(H,44,51)/t35?,39-/m0/s1. The molecule has 0 spiro atoms. The van der Waals surface area contributed by atoms with Crippen LogP contribution in [0.1, 0.15) is 40.4 Å². The molecule has 0 saturated carbocycles. The van der Waals surface area contributed by atoms with Gasteiger partial charge in [-0.3, -0.25) is 14.5 Å². The van der Waals surface area contributed by atoms with Gasteiger partial charge < -0.3 is 35.3 Å². The van der Waals surface area contributed by atoms with E-state index in [0.717, 1.165) is 27.8 Å². The zero-order valence-corrected chi connectivity index (χ0v) is 32.5. The highest BCUT2D eigenvalue weighted by Crippen LogP contribution is 2.45. The highest BCUT2D eigenvalue weighted by Gasteiger charge is 2.55. The van der Waals surface area contributed by atoms with Crippen LogP contribution >= 0.6 is 23.1 Å². The molecule has 2 atom stereocenters. The van der Waals surface area contributed by atoms with Crippen molar-refractivity contribution in [1.82, 2.24) is 20.1 Å². The van der Waals surface area contributed by atoms with Crippen molar-refractivity contribution in [3.05, 3.63) is 153 Å². The van der Waals surface area contributed by atoms with Crippen molar-refractivity contribution in [2.24, 2.45) is 5.16 Å². The van der Waals surface area contributed by atoms with Gasteiger partial charge in [0, 0.05) is 24.2 Å². The molecule has 0 aliphatic carbocycles. The molecule has 57 heavy (non-hydrogen) atoms. The van der Waals surface area contributed by atoms with Gasteiger partial charge in [0.1, 0.15) is 29.3 Å². The number of phenolic OH excluding ortho intramolecular Hbond substituents is 2. The van der Waals surface area contributed by atoms with Crippen molar-refractivity contribution in [3.8, 4) is 11.5 Å². The van der Waals surface area contributed by atoms with E-state index in [1.807, 2.05) is 59.5 Å². The lowest BCUT2D eigenvalue weighted by molar-refractivity contribution is -0.151. The normalized spacial score (nSPS) is 17.7. The molecule has 8 rings (SSSR count). The fourth-order valence-corrected chi connectivity index (χ4v) is 9.61. The molecule has 15 heteroatoms. The van der Waals surface area contributed by atoms with E-state index in [0.29, 0.717) is 29.7 Å². The number of thiazole rings is 1. The maximum atomic E-state index is 14.0. The minimum Gasteiger partial charge on any atom is -0.504 e. The number of hydrogen-bond acceptors (Lipinski definition) is 13. The predicted molar refractivity (Wildman–Crippen MR) is 216 cm³/mol. The molecule has 1 unspecified atom stereocenters. The number of oxime groups is 1. The summed E-state index contributed by atoms with van der Waals surface area (Å²) in [5.74, 6) is -1.96. The SMILES string of the molecule is CCON=C(C(=O)NC1C(=O)N2C(C(=O)OC)=C(N3Cc4cc(O)c(O)cc4C3)CS[C@@H]12)c1csc(NC(c2ccccc2)(c2ccccc2)c2ccccc2)n1. The van der Waals surface area contributed by atoms with E-state index in [-0.39, 0.29) is 35.2 Å². The van der Waals surface area contributed by atoms with Crippen LogP contribution in [0.4, 0.5) is 5.13 Å². The van der Waals surface area contributed by atoms with Gasteiger partial charge in [0.2, 0.25) is 0 Å². The third-order valence-electron chi connectivity index (χ3n) is 10.2. The number of esters is 1. The van der Waals surface area contributed by atoms with Crippen LogP contribution in [0.15, 0.2) is 125 Å². The number of aromatic hydroxyl groups is 2. The summed E-state index contributed by atoms with van der Waals surface area (Å²) in [6, 6.07) is 32.2. The number of thioether (sulfide) groups is 1. The van der Waals surface area contributed by atoms with Crippen molar-refractivity contribution in [2.45, 2.75) is 37.0 Å². The summed E-state index contributed by atoms with van der Waals surface area (Å²) in [6.07, 6.45) is 0. The van der Waals surface area contributed by atoms with E-state index < -0.39 is 34.7 Å². The van der Waals surface area contributed by atoms with E-state index in [4.69, 9.17) is 14.6 Å². The molecule has 2 amide bonds. The second kappa shape index (κ2) is 15.7. The molecule has 13 nitrogen and oxygen atoms in total. The third-order valence-corrected chi connectivity index (χ3v) is 12.2. The maximum Gasteiger partial charge on any atom is 0.356 e. The zero-order valence-electron chi connectivity index (χ0n) is 30.9. The fraction of sp³-hybridized carbons (Fsp3) is 0.214. The first-order chi connectivity index (χ1) is 27.7. The van der Waals surface area contributed by atoms with Crippen LogP contribution in [0.25, 0.3) is 0 Å². The van der Waals surface area contributed by atoms with Crippen LogP contribution < -0.4 is 10.6 Å². The molecule has 1 saturated heterocycles. The van der Waals surface area contributed by atoms with Crippen molar-refractivity contribution in [3.63, 3.8) is 0 Å². The summed E-state index contributed by atoms with van der Waals surface area (Å²) in [7, 11) is 1.25. The number of aromatic nitrogens is 1. The van der Waals surface area contributed by atoms with E-state index >= 15 is 0 Å². The summed E-state index contributed by atoms with van der Waals surface area (Å²) in [6.45, 7) is 2.65. The molecule has 5 aromatic rings. The molecule has 0 radical (unpaired) electrons. The van der Waals surface area contributed by atoms with Crippen LogP contribution in [-0.2, 0) is 42.6 Å². The number of nitrogens with one attached hydrogen (secondary N) is 2. The summed E-state index contributed by atoms with van der Waals surface area (Å²) < 4.78 is 5.13. The maximum absolute atomic E-state index is 14.0. The molecule has 4 heterocycles. The van der Waals surface area contributed by atoms with Crippen LogP contribution in [0.3, 0.4) is 0 Å². The number of amides is 2. The number of phenols is 2. The quantitative estimate of drug-likeness (QED) is 0.0315. The van der Waals surface area contributed by atoms with E-state index in [9.17, 15) is 24.6 Å². The Labute approximate surface area is 336 Å². The molecular weight excluding hydrogens is 765 g/mol. The van der Waals surface area contributed by atoms with Gasteiger partial charge in [-0.15, -0.1) is 23.1 Å². The van der Waals surface area contributed by atoms with E-state index in [1.54, 1.807) is 12.3 Å². The van der Waals surface area contributed by atoms with Crippen LogP contribution in [0.5, 0.6) is 11.5 Å². The molecule has 1 fully saturated rings. The van der Waals surface area contributed by atoms with Gasteiger partial charge in [-0.05, 0) is 46.9 Å². The minimum absolute atomic E-state index is 0.0927. The summed E-state index contributed by atoms with van der Waals surface area (Å²) in [5, 5.41) is 32.4. The number of carbonyl (C=O) groups excluding carboxylic acids is 3. The van der Waals surface area contributed by atoms with Crippen LogP contribution in [0.2, 0.25) is 0 Å². The Balaban J connectivity index is 1.06. The first-order valence-electron chi connectivity index (χ1n) is 18.2. The monoisotopic (exact) mass is 802 g/mol. The number of nitrogens with zero attached hydrogens (tertiary/aromatic N) is 4. The predicted octanol–water partition coefficient (Wildman–Crippen LogP) is 5.50. The Kier molecular flexibility index (Phi) is 10.3. The number of ether oxygens (including phenoxy) is 1. The molecule has 290 valence electrons. The number of rotatable bonds is 12. The number of fused-ring (bicyclic) bond motifs is 2. The van der Waals surface area contributed by atoms with Crippen LogP contribution in [-0.4, -0.2) is 79.4 Å². The molecule has 4 aromatic carbocycles. The number of hydrogen-bond donors (Lipinski definition) is 4. The number of carbonyl (C=O) groups is 3. The Morgan fingerprint density at radius 1 is 0.912 bits per heavy atom. The number of anilines is 1. The second-order valence-electron chi connectivity index (χ2n) is 13.5. The minimum atomic E-state index is -0.974. The molecular formula is C42H38N6O7S2. The average Bonchev–Trinajstić information content (AvgIpc) is 3.88. The second-order valence-corrected chi connectivity index (χ2v) is 15.4. The fourth-order valence-electron chi connectivity index (χ4n) is 7.47. The van der Waals surface area contributed by atoms with Gasteiger partial charge in [-0.1, -0.05) is 96.2 Å². The summed E-state index contributed by atoms with van der Waals surface area (Å²) in [5.41, 5.74) is 4.49. The summed E-state index contributed by atoms with van der Waals surface area (Å²) >= 11 is 2.70. The van der Waals surface area contributed by atoms with Crippen molar-refractivity contribution >= 4 is 51.7 Å². The Morgan fingerprint density at radius 2 is 1.47 bits per heavy atom. The lowest BCUT2D eigenvalue weighted by Gasteiger charge is -2.50. The van der Waals surface area contributed by atoms with Crippen molar-refractivity contribution < 1.29 is 34.2 Å². The molecule has 3 aliphatic heterocycles. The summed E-state index contributed by atoms with van der Waals surface area (Å²) in [4.78, 5) is 54.7. The molecule has 1 aromatic heterocycles. The smallest absolute Gasteiger partial charge is 0.356 e. The molecule has 3 aliphatic rings. The lowest BCUT2D eigenvalue weighted by Crippen LogP contribution is -2.71. The largest absolute Gasteiger partial charge is 0.504 e. The lowest BCUT2D eigenvalue weighted by atomic mass is 9.77. The Bertz CT molecular complexity index is 2260. The topological polar surface area (TPSA) is 166 Å². The van der Waals surface area contributed by atoms with Gasteiger partial charge in [0.15, 0.2) is 28.0 Å². The highest BCUT2D eigenvalue weighted by atomic mass is 32.2. The van der Waals surface area contributed by atoms with Gasteiger partial charge in [0.05, 0.1) is 12.8 Å². The molecule has 0 bridgehead atoms. The van der Waals surface area contributed by atoms with Gasteiger partial charge in [-0.25, -0.2) is 9.78 Å². The Hall–Kier alpha value is -6.32. The van der Waals surface area contributed by atoms with Crippen LogP contribution in [0, 0.1) is 0 Å². The van der Waals surface area contributed by atoms with E-state index in [2.05, 4.69) is 52.2 Å². The van der Waals surface area contributed by atoms with E-state index in [1.165, 1.54) is 47.2 Å².